The summed E-state index contributed by atoms with van der Waals surface area (Å²) in [5, 5.41) is 36.8. The minimum Gasteiger partial charge on any atom is -0.507 e. The van der Waals surface area contributed by atoms with Crippen LogP contribution in [0.2, 0.25) is 0 Å². The fourth-order valence-corrected chi connectivity index (χ4v) is 12.0. The number of β-amino-alcohol motifs (C(OH)–C–C–N with tert-alkyl or cyclic N) is 1. The second kappa shape index (κ2) is 23.0. The molecular formula is C59H63N11O8S. The van der Waals surface area contributed by atoms with Gasteiger partial charge in [0.1, 0.15) is 48.0 Å². The van der Waals surface area contributed by atoms with Gasteiger partial charge < -0.3 is 54.7 Å². The summed E-state index contributed by atoms with van der Waals surface area (Å²) in [7, 11) is 0. The van der Waals surface area contributed by atoms with E-state index in [0.717, 1.165) is 71.8 Å². The average molecular weight is 1090 g/mol. The number of aromatic nitrogens is 6. The summed E-state index contributed by atoms with van der Waals surface area (Å²) >= 11 is 1.58. The molecular weight excluding hydrogens is 1020 g/mol. The predicted octanol–water partition coefficient (Wildman–Crippen LogP) is 7.89. The van der Waals surface area contributed by atoms with Crippen molar-refractivity contribution >= 4 is 40.3 Å². The van der Waals surface area contributed by atoms with Crippen molar-refractivity contribution in [2.75, 3.05) is 41.8 Å². The summed E-state index contributed by atoms with van der Waals surface area (Å²) in [6.45, 7) is 9.48. The van der Waals surface area contributed by atoms with E-state index in [9.17, 15) is 19.8 Å². The third kappa shape index (κ3) is 11.6. The number of para-hydroxylation sites is 1. The third-order valence-electron chi connectivity index (χ3n) is 15.3. The number of hydrogen-bond acceptors (Lipinski definition) is 18. The Kier molecular flexibility index (Phi) is 15.3. The maximum atomic E-state index is 14.2. The lowest BCUT2D eigenvalue weighted by Gasteiger charge is -2.43. The van der Waals surface area contributed by atoms with Gasteiger partial charge in [-0.1, -0.05) is 56.2 Å². The van der Waals surface area contributed by atoms with E-state index in [1.165, 1.54) is 4.90 Å². The highest BCUT2D eigenvalue weighted by molar-refractivity contribution is 7.13. The molecule has 408 valence electrons. The lowest BCUT2D eigenvalue weighted by molar-refractivity contribution is -0.141. The molecule has 1 saturated carbocycles. The highest BCUT2D eigenvalue weighted by atomic mass is 32.1. The first kappa shape index (κ1) is 52.8. The quantitative estimate of drug-likeness (QED) is 0.0501. The summed E-state index contributed by atoms with van der Waals surface area (Å²) in [6, 6.07) is 25.8. The normalized spacial score (nSPS) is 21.2. The first-order chi connectivity index (χ1) is 38.3. The topological polar surface area (TPSA) is 241 Å². The summed E-state index contributed by atoms with van der Waals surface area (Å²) in [6.07, 6.45) is 6.66. The number of aromatic hydroxyl groups is 1. The van der Waals surface area contributed by atoms with Crippen LogP contribution >= 0.6 is 11.3 Å². The van der Waals surface area contributed by atoms with E-state index in [-0.39, 0.29) is 79.3 Å². The van der Waals surface area contributed by atoms with Gasteiger partial charge in [-0.3, -0.25) is 9.59 Å². The van der Waals surface area contributed by atoms with Gasteiger partial charge in [0, 0.05) is 87.0 Å². The number of benzene rings is 2. The van der Waals surface area contributed by atoms with Gasteiger partial charge >= 0.3 is 0 Å². The zero-order valence-corrected chi connectivity index (χ0v) is 45.3. The van der Waals surface area contributed by atoms with Gasteiger partial charge in [0.15, 0.2) is 11.6 Å². The number of anilines is 3. The van der Waals surface area contributed by atoms with E-state index in [0.29, 0.717) is 46.6 Å². The average Bonchev–Trinajstić information content (AvgIpc) is 4.40. The molecule has 3 saturated heterocycles. The second-order valence-corrected chi connectivity index (χ2v) is 22.0. The Bertz CT molecular complexity index is 3340. The third-order valence-corrected chi connectivity index (χ3v) is 16.3. The van der Waals surface area contributed by atoms with Gasteiger partial charge in [0.25, 0.3) is 5.88 Å². The standard InChI is InChI=1S/C59H63N11O8S/c1-34(2)55(59(74)69-32-43(71)24-50(69)58(73)64-35(3)37-12-14-38(15-13-37)56-36(4)63-33-79-56)52-28-54(67-78-52)75-22-8-7-9-39-16-19-44(29-62-39)76-45-25-46(26-45)77-53-23-40(20-21-61-53)70-41-17-18-42(70)31-68(30-41)49-27-48(65-66-57(49)60)47-10-5-6-11-51(47)72/h5-6,10-16,19-21,23,27-29,33-35,41-43,45-46,50,55,71-72H,8,17-18,22,24-26,30-32H2,1-4H3,(H2,60,66)(H,64,73)/t35-,41+,42?,43+,45?,46?,50-,55+/m0/s1. The minimum absolute atomic E-state index is 0.0132. The number of nitrogen functional groups attached to an aromatic ring is 1. The molecule has 0 radical (unpaired) electrons. The van der Waals surface area contributed by atoms with Crippen molar-refractivity contribution in [2.24, 2.45) is 5.92 Å². The molecule has 0 spiro atoms. The highest BCUT2D eigenvalue weighted by Crippen LogP contribution is 2.41. The summed E-state index contributed by atoms with van der Waals surface area (Å²) < 4.78 is 24.1. The monoisotopic (exact) mass is 1090 g/mol. The summed E-state index contributed by atoms with van der Waals surface area (Å²) in [5.41, 5.74) is 14.8. The van der Waals surface area contributed by atoms with E-state index >= 15 is 0 Å². The van der Waals surface area contributed by atoms with Crippen LogP contribution in [0.25, 0.3) is 21.7 Å². The number of nitrogens with zero attached hydrogens (tertiary/aromatic N) is 9. The van der Waals surface area contributed by atoms with Gasteiger partial charge in [0.05, 0.1) is 45.8 Å². The number of phenolic OH excluding ortho intramolecular Hbond substituents is 1. The molecule has 6 atom stereocenters. The van der Waals surface area contributed by atoms with E-state index in [4.69, 9.17) is 24.5 Å². The predicted molar refractivity (Wildman–Crippen MR) is 298 cm³/mol. The van der Waals surface area contributed by atoms with Crippen molar-refractivity contribution in [3.05, 3.63) is 126 Å². The number of aryl methyl sites for hydroxylation is 1. The van der Waals surface area contributed by atoms with Gasteiger partial charge in [-0.05, 0) is 91.2 Å². The van der Waals surface area contributed by atoms with Crippen LogP contribution in [-0.2, 0) is 9.59 Å². The fourth-order valence-electron chi connectivity index (χ4n) is 11.2. The van der Waals surface area contributed by atoms with Crippen molar-refractivity contribution in [1.82, 2.24) is 40.5 Å². The number of pyridine rings is 2. The molecule has 4 aliphatic rings. The SMILES string of the molecule is Cc1ncsc1-c1ccc([C@H](C)NC(=O)[C@@H]2C[C@@H](O)CN2C(=O)[C@@H](c2cc(OCCC#Cc3ccc(OC4CC(Oc5cc(N6C7CC[C@@H]6CN(c6cc(-c8ccccc8O)nnc6N)C7)ccn5)C4)cn3)no2)C(C)C)cc1. The fraction of sp³-hybridized carbons (Fsp3) is 0.390. The summed E-state index contributed by atoms with van der Waals surface area (Å²) in [4.78, 5) is 48.6. The van der Waals surface area contributed by atoms with Crippen LogP contribution in [0.15, 0.2) is 107 Å². The highest BCUT2D eigenvalue weighted by Gasteiger charge is 2.44. The maximum Gasteiger partial charge on any atom is 0.254 e. The zero-order valence-electron chi connectivity index (χ0n) is 44.4. The molecule has 4 fully saturated rings. The van der Waals surface area contributed by atoms with E-state index in [2.05, 4.69) is 63.3 Å². The molecule has 2 aromatic carbocycles. The van der Waals surface area contributed by atoms with Crippen LogP contribution in [0, 0.1) is 24.7 Å². The van der Waals surface area contributed by atoms with E-state index in [1.807, 2.05) is 100 Å². The molecule has 5 aromatic heterocycles. The van der Waals surface area contributed by atoms with Crippen LogP contribution in [0.5, 0.6) is 23.3 Å². The number of piperazine rings is 1. The molecule has 19 nitrogen and oxygen atoms in total. The molecule has 2 bridgehead atoms. The van der Waals surface area contributed by atoms with Gasteiger partial charge in [-0.15, -0.1) is 21.5 Å². The van der Waals surface area contributed by atoms with Crippen molar-refractivity contribution in [3.8, 4) is 56.8 Å². The van der Waals surface area contributed by atoms with Crippen molar-refractivity contribution in [3.63, 3.8) is 0 Å². The number of nitrogens with two attached hydrogens (primary N) is 1. The van der Waals surface area contributed by atoms with Gasteiger partial charge in [-0.2, -0.15) is 0 Å². The van der Waals surface area contributed by atoms with Crippen molar-refractivity contribution in [1.29, 1.82) is 0 Å². The number of aliphatic hydroxyl groups excluding tert-OH is 1. The number of thiazole rings is 1. The molecule has 11 rings (SSSR count). The number of rotatable bonds is 17. The Morgan fingerprint density at radius 3 is 2.42 bits per heavy atom. The first-order valence-electron chi connectivity index (χ1n) is 26.9. The Morgan fingerprint density at radius 1 is 0.899 bits per heavy atom. The van der Waals surface area contributed by atoms with E-state index in [1.54, 1.807) is 35.7 Å². The van der Waals surface area contributed by atoms with E-state index < -0.39 is 18.1 Å². The number of carbonyl (C=O) groups excluding carboxylic acids is 2. The molecule has 5 N–H and O–H groups in total. The maximum absolute atomic E-state index is 14.2. The zero-order chi connectivity index (χ0) is 54.7. The number of aliphatic hydroxyl groups is 1. The lowest BCUT2D eigenvalue weighted by atomic mass is 9.91. The van der Waals surface area contributed by atoms with Crippen LogP contribution in [0.3, 0.4) is 0 Å². The molecule has 79 heavy (non-hydrogen) atoms. The molecule has 3 aliphatic heterocycles. The number of ether oxygens (including phenoxy) is 3. The van der Waals surface area contributed by atoms with Crippen molar-refractivity contribution in [2.45, 2.75) is 115 Å². The van der Waals surface area contributed by atoms with Gasteiger partial charge in [-0.25, -0.2) is 15.0 Å². The number of hydrogen-bond donors (Lipinski definition) is 4. The number of phenols is 1. The number of fused-ring (bicyclic) bond motifs is 2. The van der Waals surface area contributed by atoms with Crippen LogP contribution < -0.4 is 35.1 Å². The van der Waals surface area contributed by atoms with Gasteiger partial charge in [0.2, 0.25) is 17.7 Å². The smallest absolute Gasteiger partial charge is 0.254 e. The second-order valence-electron chi connectivity index (χ2n) is 21.1. The molecule has 1 aliphatic carbocycles. The molecule has 20 heteroatoms. The van der Waals surface area contributed by atoms with Crippen LogP contribution in [0.1, 0.15) is 94.0 Å². The summed E-state index contributed by atoms with van der Waals surface area (Å²) in [5.74, 6) is 6.83. The Morgan fingerprint density at radius 2 is 1.68 bits per heavy atom. The molecule has 1 unspecified atom stereocenters. The Hall–Kier alpha value is -8.28. The number of nitrogens with one attached hydrogen (secondary N) is 1. The number of likely N-dealkylation sites (tertiary alicyclic amines) is 1. The lowest BCUT2D eigenvalue weighted by Crippen LogP contribution is -2.54. The number of carbonyl (C=O) groups is 2. The molecule has 7 aromatic rings. The Labute approximate surface area is 462 Å². The molecule has 8 heterocycles. The van der Waals surface area contributed by atoms with Crippen LogP contribution in [0.4, 0.5) is 17.2 Å². The number of amides is 2. The first-order valence-corrected chi connectivity index (χ1v) is 27.8. The molecule has 2 amide bonds. The Balaban J connectivity index is 0.614. The van der Waals surface area contributed by atoms with Crippen LogP contribution in [-0.4, -0.2) is 120 Å². The minimum atomic E-state index is -0.851. The largest absolute Gasteiger partial charge is 0.507 e. The van der Waals surface area contributed by atoms with Crippen molar-refractivity contribution < 1.29 is 38.5 Å².